The molecule has 0 aliphatic rings. The zero-order valence-corrected chi connectivity index (χ0v) is 13.1. The van der Waals surface area contributed by atoms with Crippen LogP contribution in [0.25, 0.3) is 0 Å². The Hall–Kier alpha value is -1.71. The van der Waals surface area contributed by atoms with Gasteiger partial charge in [0.2, 0.25) is 0 Å². The number of esters is 1. The highest BCUT2D eigenvalue weighted by atomic mass is 16.5. The van der Waals surface area contributed by atoms with E-state index in [0.29, 0.717) is 6.61 Å². The summed E-state index contributed by atoms with van der Waals surface area (Å²) in [7, 11) is 0. The maximum atomic E-state index is 10.1. The lowest BCUT2D eigenvalue weighted by molar-refractivity contribution is -0.141. The summed E-state index contributed by atoms with van der Waals surface area (Å²) in [5.74, 6) is 0.247. The van der Waals surface area contributed by atoms with E-state index >= 15 is 0 Å². The first-order valence-electron chi connectivity index (χ1n) is 6.84. The molecule has 2 N–H and O–H groups in total. The standard InChI is InChI=1S/C10H14O2.C6H12O2/c1-10(2,3)8-6-7(11)4-5-9(8)12;1-3-4-5-8-6(2)7/h4-6,11-12H,1-3H3;3-5H2,1-2H3. The number of hydrogen-bond acceptors (Lipinski definition) is 4. The van der Waals surface area contributed by atoms with Crippen molar-refractivity contribution in [2.45, 2.75) is 52.9 Å². The normalized spacial score (nSPS) is 10.4. The number of unbranched alkanes of at least 4 members (excludes halogenated alkanes) is 1. The van der Waals surface area contributed by atoms with Crippen LogP contribution in [-0.2, 0) is 14.9 Å². The van der Waals surface area contributed by atoms with E-state index < -0.39 is 0 Å². The van der Waals surface area contributed by atoms with Crippen molar-refractivity contribution in [3.63, 3.8) is 0 Å². The lowest BCUT2D eigenvalue weighted by Gasteiger charge is -2.20. The molecule has 1 aromatic carbocycles. The molecular formula is C16H26O4. The average Bonchev–Trinajstić information content (AvgIpc) is 2.32. The Bertz CT molecular complexity index is 419. The predicted octanol–water partition coefficient (Wildman–Crippen LogP) is 3.74. The van der Waals surface area contributed by atoms with E-state index in [1.807, 2.05) is 20.8 Å². The minimum absolute atomic E-state index is 0.136. The van der Waals surface area contributed by atoms with Crippen molar-refractivity contribution in [2.24, 2.45) is 0 Å². The SMILES string of the molecule is CC(C)(C)c1cc(O)ccc1O.CCCCOC(C)=O. The fraction of sp³-hybridized carbons (Fsp3) is 0.562. The van der Waals surface area contributed by atoms with Crippen molar-refractivity contribution in [1.29, 1.82) is 0 Å². The first-order valence-corrected chi connectivity index (χ1v) is 6.84. The van der Waals surface area contributed by atoms with Gasteiger partial charge in [-0.2, -0.15) is 0 Å². The molecule has 0 aliphatic heterocycles. The average molecular weight is 282 g/mol. The van der Waals surface area contributed by atoms with Gasteiger partial charge in [-0.1, -0.05) is 34.1 Å². The van der Waals surface area contributed by atoms with Gasteiger partial charge in [0.15, 0.2) is 0 Å². The van der Waals surface area contributed by atoms with E-state index in [2.05, 4.69) is 11.7 Å². The number of carbonyl (C=O) groups excluding carboxylic acids is 1. The second-order valence-electron chi connectivity index (χ2n) is 5.65. The van der Waals surface area contributed by atoms with Crippen LogP contribution in [-0.4, -0.2) is 22.8 Å². The summed E-state index contributed by atoms with van der Waals surface area (Å²) in [6.07, 6.45) is 2.05. The number of phenolic OH excluding ortho intramolecular Hbond substituents is 2. The van der Waals surface area contributed by atoms with E-state index in [9.17, 15) is 15.0 Å². The van der Waals surface area contributed by atoms with E-state index in [-0.39, 0.29) is 22.9 Å². The van der Waals surface area contributed by atoms with Gasteiger partial charge >= 0.3 is 5.97 Å². The molecule has 0 radical (unpaired) electrons. The molecule has 20 heavy (non-hydrogen) atoms. The first-order chi connectivity index (χ1) is 9.18. The molecule has 0 bridgehead atoms. The Balaban J connectivity index is 0.000000396. The minimum atomic E-state index is -0.182. The molecule has 114 valence electrons. The van der Waals surface area contributed by atoms with Crippen LogP contribution in [0.4, 0.5) is 0 Å². The third-order valence-corrected chi connectivity index (χ3v) is 2.59. The number of benzene rings is 1. The van der Waals surface area contributed by atoms with Crippen molar-refractivity contribution < 1.29 is 19.7 Å². The highest BCUT2D eigenvalue weighted by Gasteiger charge is 2.17. The Morgan fingerprint density at radius 3 is 2.25 bits per heavy atom. The summed E-state index contributed by atoms with van der Waals surface area (Å²) in [6, 6.07) is 4.58. The van der Waals surface area contributed by atoms with Crippen molar-refractivity contribution in [3.05, 3.63) is 23.8 Å². The summed E-state index contributed by atoms with van der Waals surface area (Å²) < 4.78 is 4.64. The van der Waals surface area contributed by atoms with Gasteiger partial charge < -0.3 is 14.9 Å². The highest BCUT2D eigenvalue weighted by Crippen LogP contribution is 2.32. The molecule has 0 saturated heterocycles. The van der Waals surface area contributed by atoms with E-state index in [4.69, 9.17) is 0 Å². The molecule has 4 heteroatoms. The molecule has 1 rings (SSSR count). The summed E-state index contributed by atoms with van der Waals surface area (Å²) in [5, 5.41) is 18.6. The van der Waals surface area contributed by atoms with Crippen LogP contribution in [0.3, 0.4) is 0 Å². The molecule has 0 heterocycles. The topological polar surface area (TPSA) is 66.8 Å². The van der Waals surface area contributed by atoms with Gasteiger partial charge in [0.05, 0.1) is 6.61 Å². The third-order valence-electron chi connectivity index (χ3n) is 2.59. The molecule has 0 saturated carbocycles. The zero-order valence-electron chi connectivity index (χ0n) is 13.1. The second-order valence-corrected chi connectivity index (χ2v) is 5.65. The predicted molar refractivity (Wildman–Crippen MR) is 80.0 cm³/mol. The first kappa shape index (κ1) is 18.3. The summed E-state index contributed by atoms with van der Waals surface area (Å²) in [4.78, 5) is 10.1. The molecule has 4 nitrogen and oxygen atoms in total. The maximum Gasteiger partial charge on any atom is 0.302 e. The molecule has 0 amide bonds. The fourth-order valence-corrected chi connectivity index (χ4v) is 1.48. The van der Waals surface area contributed by atoms with Crippen molar-refractivity contribution >= 4 is 5.97 Å². The van der Waals surface area contributed by atoms with Crippen LogP contribution in [0.15, 0.2) is 18.2 Å². The van der Waals surface area contributed by atoms with Crippen LogP contribution in [0.2, 0.25) is 0 Å². The van der Waals surface area contributed by atoms with Gasteiger partial charge in [-0.15, -0.1) is 0 Å². The summed E-state index contributed by atoms with van der Waals surface area (Å²) in [6.45, 7) is 10.0. The Labute approximate surface area is 121 Å². The van der Waals surface area contributed by atoms with E-state index in [1.165, 1.54) is 19.1 Å². The molecule has 0 unspecified atom stereocenters. The zero-order chi connectivity index (χ0) is 15.8. The van der Waals surface area contributed by atoms with Crippen LogP contribution >= 0.6 is 0 Å². The fourth-order valence-electron chi connectivity index (χ4n) is 1.48. The smallest absolute Gasteiger partial charge is 0.302 e. The van der Waals surface area contributed by atoms with Gasteiger partial charge in [-0.25, -0.2) is 0 Å². The number of rotatable bonds is 3. The summed E-state index contributed by atoms with van der Waals surface area (Å²) in [5.41, 5.74) is 0.630. The van der Waals surface area contributed by atoms with Crippen LogP contribution in [0, 0.1) is 0 Å². The lowest BCUT2D eigenvalue weighted by atomic mass is 9.86. The number of carbonyl (C=O) groups is 1. The van der Waals surface area contributed by atoms with Crippen LogP contribution < -0.4 is 0 Å². The van der Waals surface area contributed by atoms with Crippen LogP contribution in [0.1, 0.15) is 53.0 Å². The number of phenols is 2. The second kappa shape index (κ2) is 8.46. The Kier molecular flexibility index (Phi) is 7.74. The third kappa shape index (κ3) is 7.67. The molecule has 0 atom stereocenters. The maximum absolute atomic E-state index is 10.1. The highest BCUT2D eigenvalue weighted by molar-refractivity contribution is 5.65. The molecule has 0 spiro atoms. The molecule has 0 aliphatic carbocycles. The molecule has 1 aromatic rings. The monoisotopic (exact) mass is 282 g/mol. The van der Waals surface area contributed by atoms with E-state index in [0.717, 1.165) is 18.4 Å². The Morgan fingerprint density at radius 1 is 1.25 bits per heavy atom. The minimum Gasteiger partial charge on any atom is -0.508 e. The van der Waals surface area contributed by atoms with E-state index in [1.54, 1.807) is 6.07 Å². The van der Waals surface area contributed by atoms with Gasteiger partial charge in [-0.05, 0) is 30.0 Å². The van der Waals surface area contributed by atoms with Crippen molar-refractivity contribution in [1.82, 2.24) is 0 Å². The molecular weight excluding hydrogens is 256 g/mol. The van der Waals surface area contributed by atoms with Crippen molar-refractivity contribution in [2.75, 3.05) is 6.61 Å². The Morgan fingerprint density at radius 2 is 1.85 bits per heavy atom. The molecule has 0 fully saturated rings. The van der Waals surface area contributed by atoms with Gasteiger partial charge in [0, 0.05) is 12.5 Å². The van der Waals surface area contributed by atoms with Gasteiger partial charge in [-0.3, -0.25) is 4.79 Å². The number of hydrogen-bond donors (Lipinski definition) is 2. The van der Waals surface area contributed by atoms with Crippen molar-refractivity contribution in [3.8, 4) is 11.5 Å². The van der Waals surface area contributed by atoms with Crippen LogP contribution in [0.5, 0.6) is 11.5 Å². The summed E-state index contributed by atoms with van der Waals surface area (Å²) >= 11 is 0. The van der Waals surface area contributed by atoms with Gasteiger partial charge in [0.1, 0.15) is 11.5 Å². The lowest BCUT2D eigenvalue weighted by Crippen LogP contribution is -2.10. The largest absolute Gasteiger partial charge is 0.508 e. The quantitative estimate of drug-likeness (QED) is 0.503. The number of ether oxygens (including phenoxy) is 1. The molecule has 0 aromatic heterocycles. The van der Waals surface area contributed by atoms with Gasteiger partial charge in [0.25, 0.3) is 0 Å². The number of aromatic hydroxyl groups is 2.